The number of primary amides is 2. The highest BCUT2D eigenvalue weighted by molar-refractivity contribution is 6.03. The molecule has 0 radical (unpaired) electrons. The number of hydrogen-bond acceptors (Lipinski definition) is 4. The molecule has 0 aliphatic heterocycles. The number of hydrogen-bond donors (Lipinski definition) is 3. The third-order valence-electron chi connectivity index (χ3n) is 3.40. The molecule has 1 heterocycles. The van der Waals surface area contributed by atoms with Crippen molar-refractivity contribution in [2.24, 2.45) is 11.5 Å². The molecule has 3 aromatic rings. The van der Waals surface area contributed by atoms with Gasteiger partial charge >= 0.3 is 0 Å². The van der Waals surface area contributed by atoms with Crippen LogP contribution in [0.1, 0.15) is 20.7 Å². The van der Waals surface area contributed by atoms with Gasteiger partial charge in [0.25, 0.3) is 5.91 Å². The van der Waals surface area contributed by atoms with Crippen LogP contribution in [0.15, 0.2) is 54.6 Å². The Morgan fingerprint density at radius 1 is 0.913 bits per heavy atom. The molecule has 0 fully saturated rings. The van der Waals surface area contributed by atoms with Crippen LogP contribution in [0.3, 0.4) is 0 Å². The molecule has 0 bridgehead atoms. The lowest BCUT2D eigenvalue weighted by Crippen LogP contribution is -2.15. The van der Waals surface area contributed by atoms with Crippen molar-refractivity contribution >= 4 is 34.2 Å². The fraction of sp³-hybridized carbons (Fsp3) is 0. The molecular formula is C17H14N4O2. The molecule has 0 aliphatic rings. The molecule has 2 aromatic carbocycles. The fourth-order valence-electron chi connectivity index (χ4n) is 2.27. The summed E-state index contributed by atoms with van der Waals surface area (Å²) in [4.78, 5) is 27.4. The highest BCUT2D eigenvalue weighted by Gasteiger charge is 2.13. The van der Waals surface area contributed by atoms with Gasteiger partial charge in [0.1, 0.15) is 5.82 Å². The van der Waals surface area contributed by atoms with Gasteiger partial charge in [-0.25, -0.2) is 4.98 Å². The van der Waals surface area contributed by atoms with Crippen LogP contribution in [-0.4, -0.2) is 16.8 Å². The maximum absolute atomic E-state index is 11.7. The lowest BCUT2D eigenvalue weighted by molar-refractivity contribution is 0.0992. The van der Waals surface area contributed by atoms with Gasteiger partial charge in [-0.1, -0.05) is 18.2 Å². The van der Waals surface area contributed by atoms with Crippen molar-refractivity contribution < 1.29 is 9.59 Å². The van der Waals surface area contributed by atoms with Gasteiger partial charge in [-0.3, -0.25) is 9.59 Å². The monoisotopic (exact) mass is 306 g/mol. The fourth-order valence-corrected chi connectivity index (χ4v) is 2.27. The summed E-state index contributed by atoms with van der Waals surface area (Å²) in [5.41, 5.74) is 12.7. The SMILES string of the molecule is NC(=O)c1ccc2nc(Nc3ccccc3)c(C(N)=O)cc2c1. The van der Waals surface area contributed by atoms with Gasteiger partial charge < -0.3 is 16.8 Å². The molecule has 0 spiro atoms. The molecule has 23 heavy (non-hydrogen) atoms. The Balaban J connectivity index is 2.13. The smallest absolute Gasteiger partial charge is 0.252 e. The van der Waals surface area contributed by atoms with Gasteiger partial charge in [-0.2, -0.15) is 0 Å². The van der Waals surface area contributed by atoms with E-state index >= 15 is 0 Å². The normalized spacial score (nSPS) is 10.4. The van der Waals surface area contributed by atoms with Crippen LogP contribution in [0.5, 0.6) is 0 Å². The average Bonchev–Trinajstić information content (AvgIpc) is 2.54. The minimum absolute atomic E-state index is 0.239. The average molecular weight is 306 g/mol. The molecule has 0 saturated carbocycles. The number of nitrogens with zero attached hydrogens (tertiary/aromatic N) is 1. The summed E-state index contributed by atoms with van der Waals surface area (Å²) < 4.78 is 0. The van der Waals surface area contributed by atoms with Crippen molar-refractivity contribution in [2.75, 3.05) is 5.32 Å². The first-order valence-corrected chi connectivity index (χ1v) is 6.91. The highest BCUT2D eigenvalue weighted by atomic mass is 16.1. The summed E-state index contributed by atoms with van der Waals surface area (Å²) in [6, 6.07) is 15.8. The topological polar surface area (TPSA) is 111 Å². The third-order valence-corrected chi connectivity index (χ3v) is 3.40. The number of para-hydroxylation sites is 1. The van der Waals surface area contributed by atoms with E-state index in [1.54, 1.807) is 24.3 Å². The molecule has 6 nitrogen and oxygen atoms in total. The second-order valence-electron chi connectivity index (χ2n) is 5.01. The Morgan fingerprint density at radius 2 is 1.65 bits per heavy atom. The zero-order valence-electron chi connectivity index (χ0n) is 12.1. The van der Waals surface area contributed by atoms with Gasteiger partial charge in [0.2, 0.25) is 5.91 Å². The van der Waals surface area contributed by atoms with Crippen LogP contribution in [0.2, 0.25) is 0 Å². The Bertz CT molecular complexity index is 907. The predicted octanol–water partition coefficient (Wildman–Crippen LogP) is 2.18. The van der Waals surface area contributed by atoms with Crippen LogP contribution in [0.25, 0.3) is 10.9 Å². The second-order valence-corrected chi connectivity index (χ2v) is 5.01. The van der Waals surface area contributed by atoms with Crippen LogP contribution >= 0.6 is 0 Å². The Hall–Kier alpha value is -3.41. The number of aromatic nitrogens is 1. The van der Waals surface area contributed by atoms with E-state index < -0.39 is 11.8 Å². The number of nitrogens with one attached hydrogen (secondary N) is 1. The number of fused-ring (bicyclic) bond motifs is 1. The number of amides is 2. The summed E-state index contributed by atoms with van der Waals surface area (Å²) in [5.74, 6) is -0.788. The molecule has 0 atom stereocenters. The number of pyridine rings is 1. The molecule has 0 aliphatic carbocycles. The van der Waals surface area contributed by atoms with Gasteiger partial charge in [0, 0.05) is 16.6 Å². The van der Waals surface area contributed by atoms with Crippen LogP contribution in [0, 0.1) is 0 Å². The van der Waals surface area contributed by atoms with Gasteiger partial charge in [0.05, 0.1) is 11.1 Å². The zero-order valence-corrected chi connectivity index (χ0v) is 12.1. The maximum atomic E-state index is 11.7. The van der Waals surface area contributed by atoms with Crippen molar-refractivity contribution in [3.05, 3.63) is 65.7 Å². The Morgan fingerprint density at radius 3 is 2.30 bits per heavy atom. The minimum atomic E-state index is -0.609. The summed E-state index contributed by atoms with van der Waals surface area (Å²) in [5, 5.41) is 3.70. The van der Waals surface area contributed by atoms with Gasteiger partial charge in [-0.15, -0.1) is 0 Å². The standard InChI is InChI=1S/C17H14N4O2/c18-15(22)10-6-7-14-11(8-10)9-13(16(19)23)17(21-14)20-12-4-2-1-3-5-12/h1-9H,(H2,18,22)(H2,19,23)(H,20,21). The van der Waals surface area contributed by atoms with Crippen molar-refractivity contribution in [3.63, 3.8) is 0 Å². The van der Waals surface area contributed by atoms with E-state index in [1.807, 2.05) is 30.3 Å². The largest absolute Gasteiger partial charge is 0.366 e. The quantitative estimate of drug-likeness (QED) is 0.686. The Kier molecular flexibility index (Phi) is 3.64. The zero-order chi connectivity index (χ0) is 16.4. The molecule has 1 aromatic heterocycles. The summed E-state index contributed by atoms with van der Waals surface area (Å²) in [6.07, 6.45) is 0. The van der Waals surface area contributed by atoms with E-state index in [-0.39, 0.29) is 5.56 Å². The first-order chi connectivity index (χ1) is 11.0. The van der Waals surface area contributed by atoms with Gasteiger partial charge in [0.15, 0.2) is 0 Å². The molecule has 3 rings (SSSR count). The maximum Gasteiger partial charge on any atom is 0.252 e. The number of carbonyl (C=O) groups is 2. The van der Waals surface area contributed by atoms with E-state index in [0.29, 0.717) is 22.3 Å². The molecule has 2 amide bonds. The molecule has 114 valence electrons. The van der Waals surface area contributed by atoms with Crippen molar-refractivity contribution in [2.45, 2.75) is 0 Å². The van der Waals surface area contributed by atoms with Crippen LogP contribution < -0.4 is 16.8 Å². The first-order valence-electron chi connectivity index (χ1n) is 6.91. The molecule has 0 unspecified atom stereocenters. The first kappa shape index (κ1) is 14.5. The Labute approximate surface area is 132 Å². The van der Waals surface area contributed by atoms with E-state index in [4.69, 9.17) is 11.5 Å². The number of anilines is 2. The third kappa shape index (κ3) is 2.96. The van der Waals surface area contributed by atoms with Crippen molar-refractivity contribution in [1.29, 1.82) is 0 Å². The number of rotatable bonds is 4. The molecular weight excluding hydrogens is 292 g/mol. The summed E-state index contributed by atoms with van der Waals surface area (Å²) in [6.45, 7) is 0. The van der Waals surface area contributed by atoms with Crippen molar-refractivity contribution in [1.82, 2.24) is 4.98 Å². The van der Waals surface area contributed by atoms with E-state index in [9.17, 15) is 9.59 Å². The number of nitrogens with two attached hydrogens (primary N) is 2. The lowest BCUT2D eigenvalue weighted by atomic mass is 10.1. The summed E-state index contributed by atoms with van der Waals surface area (Å²) >= 11 is 0. The predicted molar refractivity (Wildman–Crippen MR) is 88.5 cm³/mol. The molecule has 6 heteroatoms. The van der Waals surface area contributed by atoms with E-state index in [0.717, 1.165) is 5.69 Å². The van der Waals surface area contributed by atoms with E-state index in [1.165, 1.54) is 0 Å². The number of benzene rings is 2. The van der Waals surface area contributed by atoms with E-state index in [2.05, 4.69) is 10.3 Å². The van der Waals surface area contributed by atoms with Crippen molar-refractivity contribution in [3.8, 4) is 0 Å². The van der Waals surface area contributed by atoms with Crippen LogP contribution in [-0.2, 0) is 0 Å². The highest BCUT2D eigenvalue weighted by Crippen LogP contribution is 2.24. The van der Waals surface area contributed by atoms with Gasteiger partial charge in [-0.05, 0) is 36.4 Å². The summed E-state index contributed by atoms with van der Waals surface area (Å²) in [7, 11) is 0. The van der Waals surface area contributed by atoms with Crippen LogP contribution in [0.4, 0.5) is 11.5 Å². The molecule has 0 saturated heterocycles. The number of carbonyl (C=O) groups excluding carboxylic acids is 2. The molecule has 5 N–H and O–H groups in total. The lowest BCUT2D eigenvalue weighted by Gasteiger charge is -2.11. The second kappa shape index (κ2) is 5.76. The minimum Gasteiger partial charge on any atom is -0.366 e.